The summed E-state index contributed by atoms with van der Waals surface area (Å²) < 4.78 is 0. The van der Waals surface area contributed by atoms with Gasteiger partial charge in [0, 0.05) is 37.3 Å². The zero-order valence-corrected chi connectivity index (χ0v) is 10.5. The second kappa shape index (κ2) is 5.39. The summed E-state index contributed by atoms with van der Waals surface area (Å²) in [5.41, 5.74) is 1.37. The highest BCUT2D eigenvalue weighted by Gasteiger charge is 2.12. The third-order valence-corrected chi connectivity index (χ3v) is 3.22. The van der Waals surface area contributed by atoms with Gasteiger partial charge >= 0.3 is 0 Å². The second-order valence-corrected chi connectivity index (χ2v) is 4.24. The number of halogens is 1. The van der Waals surface area contributed by atoms with Crippen molar-refractivity contribution in [2.24, 2.45) is 0 Å². The Labute approximate surface area is 108 Å². The Morgan fingerprint density at radius 1 is 0.882 bits per heavy atom. The predicted octanol–water partition coefficient (Wildman–Crippen LogP) is 2.67. The number of nitrogens with one attached hydrogen (secondary N) is 1. The molecule has 90 valence electrons. The van der Waals surface area contributed by atoms with Gasteiger partial charge < -0.3 is 10.2 Å². The molecule has 1 aliphatic heterocycles. The number of nitrogens with zero attached hydrogens (tertiary/aromatic N) is 1. The van der Waals surface area contributed by atoms with E-state index < -0.39 is 0 Å². The van der Waals surface area contributed by atoms with E-state index in [1.54, 1.807) is 0 Å². The number of benzene rings is 2. The van der Waals surface area contributed by atoms with E-state index in [0.717, 1.165) is 26.2 Å². The van der Waals surface area contributed by atoms with Crippen LogP contribution in [0.2, 0.25) is 0 Å². The van der Waals surface area contributed by atoms with Crippen molar-refractivity contribution in [3.05, 3.63) is 42.5 Å². The van der Waals surface area contributed by atoms with E-state index in [4.69, 9.17) is 0 Å². The van der Waals surface area contributed by atoms with E-state index in [-0.39, 0.29) is 12.4 Å². The molecule has 17 heavy (non-hydrogen) atoms. The van der Waals surface area contributed by atoms with Gasteiger partial charge in [0.1, 0.15) is 0 Å². The van der Waals surface area contributed by atoms with E-state index >= 15 is 0 Å². The Kier molecular flexibility index (Phi) is 3.87. The maximum Gasteiger partial charge on any atom is 0.0446 e. The first-order chi connectivity index (χ1) is 7.95. The van der Waals surface area contributed by atoms with Gasteiger partial charge in [-0.1, -0.05) is 36.4 Å². The fourth-order valence-corrected chi connectivity index (χ4v) is 2.39. The predicted molar refractivity (Wildman–Crippen MR) is 76.3 cm³/mol. The molecular weight excluding hydrogens is 232 g/mol. The second-order valence-electron chi connectivity index (χ2n) is 4.24. The summed E-state index contributed by atoms with van der Waals surface area (Å²) >= 11 is 0. The van der Waals surface area contributed by atoms with Crippen LogP contribution in [0.3, 0.4) is 0 Å². The molecule has 2 aromatic rings. The molecule has 0 radical (unpaired) electrons. The van der Waals surface area contributed by atoms with E-state index in [1.165, 1.54) is 16.5 Å². The lowest BCUT2D eigenvalue weighted by Crippen LogP contribution is -2.43. The van der Waals surface area contributed by atoms with Crippen LogP contribution in [-0.4, -0.2) is 26.2 Å². The molecule has 1 N–H and O–H groups in total. The number of fused-ring (bicyclic) bond motifs is 1. The minimum Gasteiger partial charge on any atom is -0.368 e. The maximum absolute atomic E-state index is 3.39. The number of rotatable bonds is 1. The lowest BCUT2D eigenvalue weighted by atomic mass is 10.1. The Morgan fingerprint density at radius 3 is 2.41 bits per heavy atom. The lowest BCUT2D eigenvalue weighted by molar-refractivity contribution is 0.590. The Morgan fingerprint density at radius 2 is 1.59 bits per heavy atom. The van der Waals surface area contributed by atoms with Crippen LogP contribution in [0.25, 0.3) is 10.8 Å². The molecule has 1 saturated heterocycles. The first kappa shape index (κ1) is 12.2. The Hall–Kier alpha value is -1.25. The third-order valence-electron chi connectivity index (χ3n) is 3.22. The fraction of sp³-hybridized carbons (Fsp3) is 0.286. The molecule has 1 heterocycles. The number of piperazine rings is 1. The van der Waals surface area contributed by atoms with Gasteiger partial charge in [-0.05, 0) is 11.5 Å². The van der Waals surface area contributed by atoms with Crippen LogP contribution in [0.5, 0.6) is 0 Å². The lowest BCUT2D eigenvalue weighted by Gasteiger charge is -2.30. The van der Waals surface area contributed by atoms with Gasteiger partial charge in [-0.15, -0.1) is 12.4 Å². The van der Waals surface area contributed by atoms with Gasteiger partial charge in [0.05, 0.1) is 0 Å². The van der Waals surface area contributed by atoms with Crippen LogP contribution < -0.4 is 10.2 Å². The highest BCUT2D eigenvalue weighted by atomic mass is 35.5. The summed E-state index contributed by atoms with van der Waals surface area (Å²) in [7, 11) is 0. The number of hydrogen-bond acceptors (Lipinski definition) is 2. The van der Waals surface area contributed by atoms with E-state index in [0.29, 0.717) is 0 Å². The van der Waals surface area contributed by atoms with Crippen molar-refractivity contribution in [2.45, 2.75) is 0 Å². The van der Waals surface area contributed by atoms with Crippen LogP contribution in [0.1, 0.15) is 0 Å². The smallest absolute Gasteiger partial charge is 0.0446 e. The molecule has 0 atom stereocenters. The molecule has 1 aliphatic rings. The largest absolute Gasteiger partial charge is 0.368 e. The standard InChI is InChI=1S/C14H16N2.ClH/c1-2-6-13-12(4-1)5-3-7-14(13)16-10-8-15-9-11-16;/h1-7,15H,8-11H2;1H. The molecule has 0 unspecified atom stereocenters. The molecule has 2 nitrogen and oxygen atoms in total. The number of hydrogen-bond donors (Lipinski definition) is 1. The first-order valence-corrected chi connectivity index (χ1v) is 5.88. The average Bonchev–Trinajstić information content (AvgIpc) is 2.39. The zero-order valence-electron chi connectivity index (χ0n) is 9.73. The van der Waals surface area contributed by atoms with Crippen molar-refractivity contribution in [2.75, 3.05) is 31.1 Å². The maximum atomic E-state index is 3.39. The van der Waals surface area contributed by atoms with Gasteiger partial charge in [0.15, 0.2) is 0 Å². The third kappa shape index (κ3) is 2.38. The normalized spacial score (nSPS) is 15.6. The van der Waals surface area contributed by atoms with Gasteiger partial charge in [0.2, 0.25) is 0 Å². The topological polar surface area (TPSA) is 15.3 Å². The first-order valence-electron chi connectivity index (χ1n) is 5.88. The molecule has 0 saturated carbocycles. The summed E-state index contributed by atoms with van der Waals surface area (Å²) in [6, 6.07) is 15.2. The summed E-state index contributed by atoms with van der Waals surface area (Å²) in [6.45, 7) is 4.38. The zero-order chi connectivity index (χ0) is 10.8. The van der Waals surface area contributed by atoms with Crippen LogP contribution >= 0.6 is 12.4 Å². The summed E-state index contributed by atoms with van der Waals surface area (Å²) in [4.78, 5) is 2.47. The molecule has 0 aromatic heterocycles. The highest BCUT2D eigenvalue weighted by Crippen LogP contribution is 2.26. The van der Waals surface area contributed by atoms with Crippen LogP contribution in [0.15, 0.2) is 42.5 Å². The van der Waals surface area contributed by atoms with Crippen molar-refractivity contribution < 1.29 is 0 Å². The summed E-state index contributed by atoms with van der Waals surface area (Å²) in [5.74, 6) is 0. The quantitative estimate of drug-likeness (QED) is 0.835. The highest BCUT2D eigenvalue weighted by molar-refractivity contribution is 5.94. The van der Waals surface area contributed by atoms with Crippen molar-refractivity contribution in [1.82, 2.24) is 5.32 Å². The molecule has 0 spiro atoms. The summed E-state index contributed by atoms with van der Waals surface area (Å²) in [6.07, 6.45) is 0. The molecule has 0 bridgehead atoms. The molecular formula is C14H17ClN2. The van der Waals surface area contributed by atoms with Crippen molar-refractivity contribution in [3.8, 4) is 0 Å². The monoisotopic (exact) mass is 248 g/mol. The summed E-state index contributed by atoms with van der Waals surface area (Å²) in [5, 5.41) is 6.09. The van der Waals surface area contributed by atoms with Gasteiger partial charge in [-0.2, -0.15) is 0 Å². The minimum absolute atomic E-state index is 0. The molecule has 3 heteroatoms. The van der Waals surface area contributed by atoms with Crippen LogP contribution in [0, 0.1) is 0 Å². The SMILES string of the molecule is Cl.c1ccc2c(N3CCNCC3)cccc2c1. The Bertz CT molecular complexity index is 487. The van der Waals surface area contributed by atoms with Crippen LogP contribution in [0.4, 0.5) is 5.69 Å². The molecule has 3 rings (SSSR count). The molecule has 0 amide bonds. The Balaban J connectivity index is 0.00000108. The van der Waals surface area contributed by atoms with Crippen molar-refractivity contribution in [1.29, 1.82) is 0 Å². The average molecular weight is 249 g/mol. The molecule has 0 aliphatic carbocycles. The minimum atomic E-state index is 0. The van der Waals surface area contributed by atoms with Gasteiger partial charge in [-0.25, -0.2) is 0 Å². The fourth-order valence-electron chi connectivity index (χ4n) is 2.39. The van der Waals surface area contributed by atoms with E-state index in [9.17, 15) is 0 Å². The van der Waals surface area contributed by atoms with Crippen LogP contribution in [-0.2, 0) is 0 Å². The van der Waals surface area contributed by atoms with Gasteiger partial charge in [-0.3, -0.25) is 0 Å². The van der Waals surface area contributed by atoms with E-state index in [1.807, 2.05) is 0 Å². The number of anilines is 1. The molecule has 2 aromatic carbocycles. The van der Waals surface area contributed by atoms with Crippen molar-refractivity contribution in [3.63, 3.8) is 0 Å². The van der Waals surface area contributed by atoms with E-state index in [2.05, 4.69) is 52.7 Å². The van der Waals surface area contributed by atoms with Gasteiger partial charge in [0.25, 0.3) is 0 Å². The molecule has 1 fully saturated rings. The van der Waals surface area contributed by atoms with Crippen molar-refractivity contribution >= 4 is 28.9 Å².